The van der Waals surface area contributed by atoms with Gasteiger partial charge in [-0.3, -0.25) is 9.59 Å². The predicted octanol–water partition coefficient (Wildman–Crippen LogP) is 1.34. The SMILES string of the molecule is CNC(=O)CS(=O)(=O)C1CCN(C(=O)COc2ccc(C(C)C)cc2)CC1. The maximum Gasteiger partial charge on any atom is 0.260 e. The van der Waals surface area contributed by atoms with Gasteiger partial charge in [-0.05, 0) is 36.5 Å². The summed E-state index contributed by atoms with van der Waals surface area (Å²) < 4.78 is 30.0. The van der Waals surface area contributed by atoms with Crippen molar-refractivity contribution in [2.24, 2.45) is 0 Å². The topological polar surface area (TPSA) is 92.8 Å². The van der Waals surface area contributed by atoms with E-state index in [4.69, 9.17) is 4.74 Å². The summed E-state index contributed by atoms with van der Waals surface area (Å²) in [5.41, 5.74) is 1.20. The van der Waals surface area contributed by atoms with Crippen LogP contribution in [0.2, 0.25) is 0 Å². The lowest BCUT2D eigenvalue weighted by Crippen LogP contribution is -2.45. The molecule has 1 aromatic carbocycles. The molecule has 1 aromatic rings. The molecule has 1 aliphatic rings. The van der Waals surface area contributed by atoms with Crippen molar-refractivity contribution >= 4 is 21.7 Å². The first-order valence-electron chi connectivity index (χ1n) is 9.15. The molecule has 8 heteroatoms. The second kappa shape index (κ2) is 9.21. The average molecular weight is 397 g/mol. The first kappa shape index (κ1) is 21.2. The summed E-state index contributed by atoms with van der Waals surface area (Å²) >= 11 is 0. The number of rotatable bonds is 7. The third-order valence-corrected chi connectivity index (χ3v) is 6.97. The van der Waals surface area contributed by atoms with Crippen molar-refractivity contribution in [1.82, 2.24) is 10.2 Å². The summed E-state index contributed by atoms with van der Waals surface area (Å²) in [5, 5.41) is 1.75. The summed E-state index contributed by atoms with van der Waals surface area (Å²) in [6, 6.07) is 7.65. The molecule has 0 aliphatic carbocycles. The summed E-state index contributed by atoms with van der Waals surface area (Å²) in [4.78, 5) is 25.3. The Labute approximate surface area is 161 Å². The zero-order valence-corrected chi connectivity index (χ0v) is 16.9. The van der Waals surface area contributed by atoms with Crippen LogP contribution >= 0.6 is 0 Å². The van der Waals surface area contributed by atoms with E-state index in [1.807, 2.05) is 24.3 Å². The molecule has 0 unspecified atom stereocenters. The van der Waals surface area contributed by atoms with Gasteiger partial charge in [0.15, 0.2) is 16.4 Å². The maximum absolute atomic E-state index is 12.3. The Kier molecular flexibility index (Phi) is 7.24. The number of amides is 2. The summed E-state index contributed by atoms with van der Waals surface area (Å²) in [7, 11) is -2.08. The molecule has 0 saturated carbocycles. The van der Waals surface area contributed by atoms with E-state index in [2.05, 4.69) is 19.2 Å². The summed E-state index contributed by atoms with van der Waals surface area (Å²) in [6.45, 7) is 4.85. The molecular weight excluding hydrogens is 368 g/mol. The highest BCUT2D eigenvalue weighted by molar-refractivity contribution is 7.92. The van der Waals surface area contributed by atoms with E-state index in [9.17, 15) is 18.0 Å². The van der Waals surface area contributed by atoms with E-state index in [-0.39, 0.29) is 12.5 Å². The number of piperidine rings is 1. The minimum absolute atomic E-state index is 0.0727. The average Bonchev–Trinajstić information content (AvgIpc) is 2.66. The minimum Gasteiger partial charge on any atom is -0.484 e. The number of nitrogens with one attached hydrogen (secondary N) is 1. The van der Waals surface area contributed by atoms with Gasteiger partial charge in [-0.25, -0.2) is 8.42 Å². The molecule has 1 heterocycles. The molecule has 0 radical (unpaired) electrons. The van der Waals surface area contributed by atoms with Crippen LogP contribution in [0, 0.1) is 0 Å². The van der Waals surface area contributed by atoms with Crippen LogP contribution in [0.5, 0.6) is 5.75 Å². The minimum atomic E-state index is -3.49. The number of hydrogen-bond acceptors (Lipinski definition) is 5. The molecular formula is C19H28N2O5S. The molecule has 1 aliphatic heterocycles. The third-order valence-electron chi connectivity index (χ3n) is 4.82. The zero-order chi connectivity index (χ0) is 20.0. The van der Waals surface area contributed by atoms with Gasteiger partial charge in [-0.15, -0.1) is 0 Å². The van der Waals surface area contributed by atoms with Crippen molar-refractivity contribution in [2.45, 2.75) is 37.9 Å². The number of carbonyl (C=O) groups excluding carboxylic acids is 2. The lowest BCUT2D eigenvalue weighted by Gasteiger charge is -2.31. The number of carbonyl (C=O) groups is 2. The molecule has 1 fully saturated rings. The quantitative estimate of drug-likeness (QED) is 0.751. The Morgan fingerprint density at radius 3 is 2.30 bits per heavy atom. The maximum atomic E-state index is 12.3. The molecule has 1 saturated heterocycles. The van der Waals surface area contributed by atoms with Crippen LogP contribution in [0.15, 0.2) is 24.3 Å². The van der Waals surface area contributed by atoms with Crippen molar-refractivity contribution in [3.63, 3.8) is 0 Å². The fourth-order valence-corrected chi connectivity index (χ4v) is 4.70. The lowest BCUT2D eigenvalue weighted by atomic mass is 10.0. The van der Waals surface area contributed by atoms with E-state index in [0.717, 1.165) is 0 Å². The van der Waals surface area contributed by atoms with Gasteiger partial charge in [0, 0.05) is 20.1 Å². The van der Waals surface area contributed by atoms with Gasteiger partial charge in [0.05, 0.1) is 5.25 Å². The highest BCUT2D eigenvalue weighted by Gasteiger charge is 2.32. The normalized spacial score (nSPS) is 15.6. The van der Waals surface area contributed by atoms with Gasteiger partial charge in [0.2, 0.25) is 5.91 Å². The number of nitrogens with zero attached hydrogens (tertiary/aromatic N) is 1. The number of likely N-dealkylation sites (tertiary alicyclic amines) is 1. The van der Waals surface area contributed by atoms with E-state index in [1.54, 1.807) is 4.90 Å². The van der Waals surface area contributed by atoms with Crippen LogP contribution in [-0.2, 0) is 19.4 Å². The molecule has 2 rings (SSSR count). The van der Waals surface area contributed by atoms with Gasteiger partial charge in [0.1, 0.15) is 11.5 Å². The Morgan fingerprint density at radius 1 is 1.19 bits per heavy atom. The first-order valence-corrected chi connectivity index (χ1v) is 10.9. The Bertz CT molecular complexity index is 751. The molecule has 27 heavy (non-hydrogen) atoms. The zero-order valence-electron chi connectivity index (χ0n) is 16.1. The highest BCUT2D eigenvalue weighted by atomic mass is 32.2. The van der Waals surface area contributed by atoms with Crippen LogP contribution in [0.1, 0.15) is 38.2 Å². The van der Waals surface area contributed by atoms with Gasteiger partial charge in [-0.1, -0.05) is 26.0 Å². The first-order chi connectivity index (χ1) is 12.7. The van der Waals surface area contributed by atoms with Gasteiger partial charge in [0.25, 0.3) is 5.91 Å². The van der Waals surface area contributed by atoms with Crippen LogP contribution < -0.4 is 10.1 Å². The van der Waals surface area contributed by atoms with Crippen molar-refractivity contribution in [3.8, 4) is 5.75 Å². The van der Waals surface area contributed by atoms with E-state index < -0.39 is 26.7 Å². The van der Waals surface area contributed by atoms with E-state index >= 15 is 0 Å². The fourth-order valence-electron chi connectivity index (χ4n) is 3.02. The lowest BCUT2D eigenvalue weighted by molar-refractivity contribution is -0.134. The molecule has 0 atom stereocenters. The van der Waals surface area contributed by atoms with E-state index in [0.29, 0.717) is 37.6 Å². The second-order valence-corrected chi connectivity index (χ2v) is 9.35. The van der Waals surface area contributed by atoms with Crippen LogP contribution in [-0.4, -0.2) is 62.9 Å². The molecule has 1 N–H and O–H groups in total. The van der Waals surface area contributed by atoms with Gasteiger partial charge in [-0.2, -0.15) is 0 Å². The summed E-state index contributed by atoms with van der Waals surface area (Å²) in [6.07, 6.45) is 0.683. The van der Waals surface area contributed by atoms with Crippen LogP contribution in [0.25, 0.3) is 0 Å². The van der Waals surface area contributed by atoms with Gasteiger partial charge < -0.3 is 15.0 Å². The van der Waals surface area contributed by atoms with Crippen molar-refractivity contribution in [2.75, 3.05) is 32.5 Å². The monoisotopic (exact) mass is 396 g/mol. The van der Waals surface area contributed by atoms with Crippen molar-refractivity contribution in [3.05, 3.63) is 29.8 Å². The molecule has 2 amide bonds. The second-order valence-electron chi connectivity index (χ2n) is 7.07. The summed E-state index contributed by atoms with van der Waals surface area (Å²) in [5.74, 6) is -0.106. The molecule has 0 spiro atoms. The smallest absolute Gasteiger partial charge is 0.260 e. The predicted molar refractivity (Wildman–Crippen MR) is 103 cm³/mol. The van der Waals surface area contributed by atoms with Crippen molar-refractivity contribution < 1.29 is 22.7 Å². The Balaban J connectivity index is 1.81. The largest absolute Gasteiger partial charge is 0.484 e. The molecule has 0 bridgehead atoms. The standard InChI is InChI=1S/C19H28N2O5S/c1-14(2)15-4-6-16(7-5-15)26-12-19(23)21-10-8-17(9-11-21)27(24,25)13-18(22)20-3/h4-7,14,17H,8-13H2,1-3H3,(H,20,22). The number of sulfone groups is 1. The molecule has 150 valence electrons. The number of ether oxygens (including phenoxy) is 1. The van der Waals surface area contributed by atoms with Crippen LogP contribution in [0.3, 0.4) is 0 Å². The number of hydrogen-bond donors (Lipinski definition) is 1. The number of benzene rings is 1. The van der Waals surface area contributed by atoms with Gasteiger partial charge >= 0.3 is 0 Å². The third kappa shape index (κ3) is 5.95. The highest BCUT2D eigenvalue weighted by Crippen LogP contribution is 2.20. The Morgan fingerprint density at radius 2 is 1.78 bits per heavy atom. The van der Waals surface area contributed by atoms with Crippen LogP contribution in [0.4, 0.5) is 0 Å². The Hall–Kier alpha value is -2.09. The molecule has 7 nitrogen and oxygen atoms in total. The van der Waals surface area contributed by atoms with Crippen molar-refractivity contribution in [1.29, 1.82) is 0 Å². The fraction of sp³-hybridized carbons (Fsp3) is 0.579. The van der Waals surface area contributed by atoms with E-state index in [1.165, 1.54) is 12.6 Å². The molecule has 0 aromatic heterocycles.